The lowest BCUT2D eigenvalue weighted by Crippen LogP contribution is -2.06. The van der Waals surface area contributed by atoms with Gasteiger partial charge < -0.3 is 13.8 Å². The Labute approximate surface area is 214 Å². The standard InChI is InChI=1S/C29H34ClO4P/c1-3-33-35(31,34-4-2)23-32-22-20-24-15-17-27(18-16-24)29(26-13-9-6-10-14-26)28(19-21-30)25-11-7-5-8-12-25/h5-18H,3-4,19-23H2,1-2H3. The van der Waals surface area contributed by atoms with Gasteiger partial charge in [0, 0.05) is 5.88 Å². The van der Waals surface area contributed by atoms with E-state index in [1.54, 1.807) is 13.8 Å². The van der Waals surface area contributed by atoms with E-state index in [9.17, 15) is 4.57 Å². The largest absolute Gasteiger partial charge is 0.368 e. The average Bonchev–Trinajstić information content (AvgIpc) is 2.89. The molecule has 0 fully saturated rings. The SMILES string of the molecule is CCOP(=O)(COCCc1ccc(C(=C(CCCl)c2ccccc2)c2ccccc2)cc1)OCC. The molecular weight excluding hydrogens is 479 g/mol. The molecule has 6 heteroatoms. The maximum Gasteiger partial charge on any atom is 0.356 e. The van der Waals surface area contributed by atoms with Gasteiger partial charge in [-0.1, -0.05) is 84.9 Å². The van der Waals surface area contributed by atoms with Gasteiger partial charge in [-0.3, -0.25) is 4.57 Å². The van der Waals surface area contributed by atoms with Gasteiger partial charge in [0.1, 0.15) is 6.35 Å². The Morgan fingerprint density at radius 2 is 1.31 bits per heavy atom. The predicted octanol–water partition coefficient (Wildman–Crippen LogP) is 8.06. The second-order valence-electron chi connectivity index (χ2n) is 7.96. The number of hydrogen-bond acceptors (Lipinski definition) is 4. The Morgan fingerprint density at radius 3 is 1.86 bits per heavy atom. The van der Waals surface area contributed by atoms with E-state index < -0.39 is 7.60 Å². The minimum Gasteiger partial charge on any atom is -0.368 e. The first-order chi connectivity index (χ1) is 17.1. The first-order valence-corrected chi connectivity index (χ1v) is 14.3. The molecule has 0 radical (unpaired) electrons. The van der Waals surface area contributed by atoms with Crippen LogP contribution in [-0.2, 0) is 24.8 Å². The Hall–Kier alpha value is -2.20. The maximum atomic E-state index is 12.5. The van der Waals surface area contributed by atoms with Crippen LogP contribution in [0.2, 0.25) is 0 Å². The van der Waals surface area contributed by atoms with Crippen molar-refractivity contribution in [3.05, 3.63) is 107 Å². The normalized spacial score (nSPS) is 12.4. The van der Waals surface area contributed by atoms with Gasteiger partial charge in [0.2, 0.25) is 0 Å². The zero-order valence-corrected chi connectivity index (χ0v) is 22.1. The third kappa shape index (κ3) is 8.17. The van der Waals surface area contributed by atoms with Gasteiger partial charge in [-0.05, 0) is 60.1 Å². The molecule has 0 aliphatic rings. The summed E-state index contributed by atoms with van der Waals surface area (Å²) in [7, 11) is -3.18. The highest BCUT2D eigenvalue weighted by Crippen LogP contribution is 2.47. The predicted molar refractivity (Wildman–Crippen MR) is 146 cm³/mol. The van der Waals surface area contributed by atoms with Crippen LogP contribution < -0.4 is 0 Å². The third-order valence-corrected chi connectivity index (χ3v) is 7.50. The minimum atomic E-state index is -3.18. The van der Waals surface area contributed by atoms with Crippen LogP contribution in [0.5, 0.6) is 0 Å². The summed E-state index contributed by atoms with van der Waals surface area (Å²) >= 11 is 6.25. The van der Waals surface area contributed by atoms with Gasteiger partial charge in [-0.2, -0.15) is 0 Å². The minimum absolute atomic E-state index is 0.0352. The number of ether oxygens (including phenoxy) is 1. The first-order valence-electron chi connectivity index (χ1n) is 12.0. The summed E-state index contributed by atoms with van der Waals surface area (Å²) in [6.45, 7) is 4.68. The van der Waals surface area contributed by atoms with Crippen molar-refractivity contribution in [1.82, 2.24) is 0 Å². The van der Waals surface area contributed by atoms with E-state index >= 15 is 0 Å². The van der Waals surface area contributed by atoms with E-state index in [-0.39, 0.29) is 6.35 Å². The van der Waals surface area contributed by atoms with Crippen molar-refractivity contribution in [3.8, 4) is 0 Å². The van der Waals surface area contributed by atoms with Crippen molar-refractivity contribution in [1.29, 1.82) is 0 Å². The van der Waals surface area contributed by atoms with E-state index in [4.69, 9.17) is 25.4 Å². The van der Waals surface area contributed by atoms with Gasteiger partial charge in [0.25, 0.3) is 0 Å². The van der Waals surface area contributed by atoms with Gasteiger partial charge >= 0.3 is 7.60 Å². The molecular formula is C29H34ClO4P. The van der Waals surface area contributed by atoms with Crippen LogP contribution in [0.25, 0.3) is 11.1 Å². The summed E-state index contributed by atoms with van der Waals surface area (Å²) in [4.78, 5) is 0. The van der Waals surface area contributed by atoms with E-state index in [0.717, 1.165) is 23.1 Å². The average molecular weight is 513 g/mol. The summed E-state index contributed by atoms with van der Waals surface area (Å²) in [6.07, 6.45) is 1.44. The molecule has 3 rings (SSSR count). The van der Waals surface area contributed by atoms with Gasteiger partial charge in [0.05, 0.1) is 19.8 Å². The quantitative estimate of drug-likeness (QED) is 0.0948. The number of hydrogen-bond donors (Lipinski definition) is 0. The van der Waals surface area contributed by atoms with Crippen molar-refractivity contribution < 1.29 is 18.3 Å². The molecule has 186 valence electrons. The van der Waals surface area contributed by atoms with E-state index in [2.05, 4.69) is 72.8 Å². The van der Waals surface area contributed by atoms with Crippen LogP contribution >= 0.6 is 19.2 Å². The molecule has 0 unspecified atom stereocenters. The number of alkyl halides is 1. The summed E-state index contributed by atoms with van der Waals surface area (Å²) < 4.78 is 28.7. The Morgan fingerprint density at radius 1 is 0.771 bits per heavy atom. The number of benzene rings is 3. The Kier molecular flexibility index (Phi) is 11.3. The van der Waals surface area contributed by atoms with Crippen LogP contribution in [0.15, 0.2) is 84.9 Å². The molecule has 35 heavy (non-hydrogen) atoms. The molecule has 3 aromatic carbocycles. The molecule has 0 aromatic heterocycles. The van der Waals surface area contributed by atoms with Crippen LogP contribution in [-0.4, -0.2) is 32.0 Å². The van der Waals surface area contributed by atoms with E-state index in [0.29, 0.717) is 32.1 Å². The second-order valence-corrected chi connectivity index (χ2v) is 10.3. The van der Waals surface area contributed by atoms with Crippen molar-refractivity contribution in [2.45, 2.75) is 26.7 Å². The Bertz CT molecular complexity index is 1090. The molecule has 0 atom stereocenters. The smallest absolute Gasteiger partial charge is 0.356 e. The molecule has 0 saturated heterocycles. The van der Waals surface area contributed by atoms with Crippen LogP contribution in [0.4, 0.5) is 0 Å². The summed E-state index contributed by atoms with van der Waals surface area (Å²) in [5, 5.41) is 0. The number of allylic oxidation sites excluding steroid dienone is 1. The fourth-order valence-corrected chi connectivity index (χ4v) is 5.53. The molecule has 0 heterocycles. The van der Waals surface area contributed by atoms with Crippen molar-refractivity contribution in [3.63, 3.8) is 0 Å². The number of rotatable bonds is 14. The first kappa shape index (κ1) is 27.4. The van der Waals surface area contributed by atoms with Crippen molar-refractivity contribution >= 4 is 30.3 Å². The molecule has 3 aromatic rings. The molecule has 0 aliphatic heterocycles. The highest BCUT2D eigenvalue weighted by Gasteiger charge is 2.23. The van der Waals surface area contributed by atoms with Gasteiger partial charge in [-0.15, -0.1) is 11.6 Å². The van der Waals surface area contributed by atoms with Crippen LogP contribution in [0.3, 0.4) is 0 Å². The summed E-state index contributed by atoms with van der Waals surface area (Å²) in [5.74, 6) is 0.545. The lowest BCUT2D eigenvalue weighted by atomic mass is 9.88. The summed E-state index contributed by atoms with van der Waals surface area (Å²) in [6, 6.07) is 29.4. The van der Waals surface area contributed by atoms with Gasteiger partial charge in [-0.25, -0.2) is 0 Å². The Balaban J connectivity index is 1.80. The monoisotopic (exact) mass is 512 g/mol. The van der Waals surface area contributed by atoms with E-state index in [1.807, 2.05) is 12.1 Å². The molecule has 0 spiro atoms. The van der Waals surface area contributed by atoms with Gasteiger partial charge in [0.15, 0.2) is 0 Å². The molecule has 0 saturated carbocycles. The fourth-order valence-electron chi connectivity index (χ4n) is 3.98. The van der Waals surface area contributed by atoms with E-state index in [1.165, 1.54) is 16.7 Å². The highest BCUT2D eigenvalue weighted by molar-refractivity contribution is 7.53. The molecule has 0 bridgehead atoms. The zero-order valence-electron chi connectivity index (χ0n) is 20.5. The zero-order chi connectivity index (χ0) is 24.9. The second kappa shape index (κ2) is 14.4. The topological polar surface area (TPSA) is 44.8 Å². The lowest BCUT2D eigenvalue weighted by Gasteiger charge is -2.18. The molecule has 0 aliphatic carbocycles. The maximum absolute atomic E-state index is 12.5. The third-order valence-electron chi connectivity index (χ3n) is 5.51. The van der Waals surface area contributed by atoms with Crippen LogP contribution in [0.1, 0.15) is 42.5 Å². The molecule has 0 amide bonds. The fraction of sp³-hybridized carbons (Fsp3) is 0.310. The lowest BCUT2D eigenvalue weighted by molar-refractivity contribution is 0.134. The summed E-state index contributed by atoms with van der Waals surface area (Å²) in [5.41, 5.74) is 7.04. The van der Waals surface area contributed by atoms with Crippen LogP contribution in [0, 0.1) is 0 Å². The molecule has 4 nitrogen and oxygen atoms in total. The number of halogens is 1. The van der Waals surface area contributed by atoms with Crippen molar-refractivity contribution in [2.24, 2.45) is 0 Å². The van der Waals surface area contributed by atoms with Crippen molar-refractivity contribution in [2.75, 3.05) is 32.0 Å². The molecule has 0 N–H and O–H groups in total. The highest BCUT2D eigenvalue weighted by atomic mass is 35.5.